The summed E-state index contributed by atoms with van der Waals surface area (Å²) in [7, 11) is 1.68. The summed E-state index contributed by atoms with van der Waals surface area (Å²) in [5.41, 5.74) is 2.00. The first-order chi connectivity index (χ1) is 7.65. The van der Waals surface area contributed by atoms with E-state index in [0.717, 1.165) is 17.7 Å². The van der Waals surface area contributed by atoms with Gasteiger partial charge in [-0.05, 0) is 18.1 Å². The first-order valence-electron chi connectivity index (χ1n) is 5.53. The van der Waals surface area contributed by atoms with Gasteiger partial charge < -0.3 is 10.1 Å². The normalized spacial score (nSPS) is 10.5. The number of hydrogen-bond acceptors (Lipinski definition) is 2. The fraction of sp³-hybridized carbons (Fsp3) is 0.462. The minimum absolute atomic E-state index is 0.00418. The van der Waals surface area contributed by atoms with Crippen LogP contribution >= 0.6 is 0 Å². The highest BCUT2D eigenvalue weighted by atomic mass is 16.5. The monoisotopic (exact) mass is 221 g/mol. The second-order valence-electron chi connectivity index (χ2n) is 4.04. The summed E-state index contributed by atoms with van der Waals surface area (Å²) in [6, 6.07) is 7.82. The van der Waals surface area contributed by atoms with Gasteiger partial charge in [0.1, 0.15) is 0 Å². The Balaban J connectivity index is 2.74. The molecule has 1 amide bonds. The van der Waals surface area contributed by atoms with Crippen LogP contribution in [0.25, 0.3) is 0 Å². The standard InChI is InChI=1S/C13H19NO2/c1-10(2)13(15)14-12-7-5-4-6-11(12)8-9-16-3/h4-7,10H,8-9H2,1-3H3,(H,14,15). The van der Waals surface area contributed by atoms with E-state index in [4.69, 9.17) is 4.74 Å². The van der Waals surface area contributed by atoms with Crippen LogP contribution in [0, 0.1) is 5.92 Å². The Morgan fingerprint density at radius 3 is 2.69 bits per heavy atom. The first kappa shape index (κ1) is 12.7. The molecule has 0 atom stereocenters. The predicted octanol–water partition coefficient (Wildman–Crippen LogP) is 2.47. The van der Waals surface area contributed by atoms with E-state index in [1.54, 1.807) is 7.11 Å². The molecule has 0 spiro atoms. The summed E-state index contributed by atoms with van der Waals surface area (Å²) in [6.07, 6.45) is 0.811. The minimum atomic E-state index is -0.00418. The van der Waals surface area contributed by atoms with Crippen LogP contribution < -0.4 is 5.32 Å². The van der Waals surface area contributed by atoms with Gasteiger partial charge in [-0.25, -0.2) is 0 Å². The fourth-order valence-electron chi connectivity index (χ4n) is 1.35. The van der Waals surface area contributed by atoms with E-state index in [1.165, 1.54) is 0 Å². The number of benzene rings is 1. The first-order valence-corrected chi connectivity index (χ1v) is 5.53. The van der Waals surface area contributed by atoms with Crippen molar-refractivity contribution in [2.24, 2.45) is 5.92 Å². The van der Waals surface area contributed by atoms with Crippen LogP contribution in [0.15, 0.2) is 24.3 Å². The third-order valence-electron chi connectivity index (χ3n) is 2.38. The molecule has 0 aliphatic rings. The average Bonchev–Trinajstić information content (AvgIpc) is 2.27. The van der Waals surface area contributed by atoms with Gasteiger partial charge in [0.25, 0.3) is 0 Å². The molecule has 1 N–H and O–H groups in total. The quantitative estimate of drug-likeness (QED) is 0.829. The molecule has 88 valence electrons. The van der Waals surface area contributed by atoms with Crippen molar-refractivity contribution in [2.75, 3.05) is 19.0 Å². The average molecular weight is 221 g/mol. The lowest BCUT2D eigenvalue weighted by Crippen LogP contribution is -2.18. The van der Waals surface area contributed by atoms with E-state index < -0.39 is 0 Å². The molecule has 0 bridgehead atoms. The number of amides is 1. The van der Waals surface area contributed by atoms with E-state index >= 15 is 0 Å². The number of carbonyl (C=O) groups excluding carboxylic acids is 1. The zero-order valence-electron chi connectivity index (χ0n) is 10.1. The highest BCUT2D eigenvalue weighted by molar-refractivity contribution is 5.92. The molecule has 0 saturated carbocycles. The smallest absolute Gasteiger partial charge is 0.226 e. The molecule has 1 aromatic rings. The molecule has 0 heterocycles. The number of methoxy groups -OCH3 is 1. The molecule has 1 rings (SSSR count). The molecule has 0 aliphatic carbocycles. The van der Waals surface area contributed by atoms with Crippen LogP contribution in [-0.4, -0.2) is 19.6 Å². The summed E-state index contributed by atoms with van der Waals surface area (Å²) >= 11 is 0. The Kier molecular flexibility index (Phi) is 4.99. The number of para-hydroxylation sites is 1. The molecule has 0 aliphatic heterocycles. The summed E-state index contributed by atoms with van der Waals surface area (Å²) in [6.45, 7) is 4.43. The van der Waals surface area contributed by atoms with Gasteiger partial charge in [-0.1, -0.05) is 32.0 Å². The van der Waals surface area contributed by atoms with Gasteiger partial charge >= 0.3 is 0 Å². The van der Waals surface area contributed by atoms with Crippen molar-refractivity contribution in [2.45, 2.75) is 20.3 Å². The largest absolute Gasteiger partial charge is 0.384 e. The molecule has 1 aromatic carbocycles. The Labute approximate surface area is 96.8 Å². The Hall–Kier alpha value is -1.35. The minimum Gasteiger partial charge on any atom is -0.384 e. The van der Waals surface area contributed by atoms with Crippen LogP contribution in [0.1, 0.15) is 19.4 Å². The third kappa shape index (κ3) is 3.66. The zero-order chi connectivity index (χ0) is 12.0. The van der Waals surface area contributed by atoms with Crippen molar-refractivity contribution < 1.29 is 9.53 Å². The topological polar surface area (TPSA) is 38.3 Å². The Morgan fingerprint density at radius 1 is 1.38 bits per heavy atom. The van der Waals surface area contributed by atoms with Crippen molar-refractivity contribution in [1.82, 2.24) is 0 Å². The number of hydrogen-bond donors (Lipinski definition) is 1. The van der Waals surface area contributed by atoms with Gasteiger partial charge in [0.15, 0.2) is 0 Å². The number of ether oxygens (including phenoxy) is 1. The summed E-state index contributed by atoms with van der Waals surface area (Å²) in [5.74, 6) is 0.0420. The molecule has 0 radical (unpaired) electrons. The highest BCUT2D eigenvalue weighted by Gasteiger charge is 2.09. The van der Waals surface area contributed by atoms with Crippen molar-refractivity contribution in [3.8, 4) is 0 Å². The molecule has 0 fully saturated rings. The van der Waals surface area contributed by atoms with Gasteiger partial charge in [0.2, 0.25) is 5.91 Å². The maximum Gasteiger partial charge on any atom is 0.226 e. The van der Waals surface area contributed by atoms with Crippen LogP contribution in [0.3, 0.4) is 0 Å². The van der Waals surface area contributed by atoms with Crippen LogP contribution in [-0.2, 0) is 16.0 Å². The SMILES string of the molecule is COCCc1ccccc1NC(=O)C(C)C. The Morgan fingerprint density at radius 2 is 2.06 bits per heavy atom. The molecular formula is C13H19NO2. The lowest BCUT2D eigenvalue weighted by molar-refractivity contribution is -0.118. The predicted molar refractivity (Wildman–Crippen MR) is 65.5 cm³/mol. The van der Waals surface area contributed by atoms with E-state index in [0.29, 0.717) is 6.61 Å². The molecule has 3 nitrogen and oxygen atoms in total. The maximum atomic E-state index is 11.6. The molecule has 16 heavy (non-hydrogen) atoms. The lowest BCUT2D eigenvalue weighted by atomic mass is 10.1. The number of anilines is 1. The van der Waals surface area contributed by atoms with E-state index in [-0.39, 0.29) is 11.8 Å². The van der Waals surface area contributed by atoms with Gasteiger partial charge in [-0.15, -0.1) is 0 Å². The summed E-state index contributed by atoms with van der Waals surface area (Å²) in [5, 5.41) is 2.92. The molecule has 0 saturated heterocycles. The van der Waals surface area contributed by atoms with Crippen LogP contribution in [0.5, 0.6) is 0 Å². The number of nitrogens with one attached hydrogen (secondary N) is 1. The van der Waals surface area contributed by atoms with Gasteiger partial charge in [-0.3, -0.25) is 4.79 Å². The molecular weight excluding hydrogens is 202 g/mol. The second-order valence-corrected chi connectivity index (χ2v) is 4.04. The second kappa shape index (κ2) is 6.28. The van der Waals surface area contributed by atoms with E-state index in [2.05, 4.69) is 5.32 Å². The third-order valence-corrected chi connectivity index (χ3v) is 2.38. The van der Waals surface area contributed by atoms with Gasteiger partial charge in [-0.2, -0.15) is 0 Å². The molecule has 3 heteroatoms. The summed E-state index contributed by atoms with van der Waals surface area (Å²) in [4.78, 5) is 11.6. The Bertz CT molecular complexity index is 348. The number of rotatable bonds is 5. The van der Waals surface area contributed by atoms with E-state index in [9.17, 15) is 4.79 Å². The maximum absolute atomic E-state index is 11.6. The zero-order valence-corrected chi connectivity index (χ0v) is 10.1. The van der Waals surface area contributed by atoms with Crippen LogP contribution in [0.2, 0.25) is 0 Å². The van der Waals surface area contributed by atoms with Gasteiger partial charge in [0, 0.05) is 18.7 Å². The highest BCUT2D eigenvalue weighted by Crippen LogP contribution is 2.16. The molecule has 0 aromatic heterocycles. The van der Waals surface area contributed by atoms with Crippen molar-refractivity contribution in [3.05, 3.63) is 29.8 Å². The van der Waals surface area contributed by atoms with Crippen molar-refractivity contribution in [3.63, 3.8) is 0 Å². The lowest BCUT2D eigenvalue weighted by Gasteiger charge is -2.12. The van der Waals surface area contributed by atoms with E-state index in [1.807, 2.05) is 38.1 Å². The fourth-order valence-corrected chi connectivity index (χ4v) is 1.35. The van der Waals surface area contributed by atoms with Crippen LogP contribution in [0.4, 0.5) is 5.69 Å². The van der Waals surface area contributed by atoms with Crippen molar-refractivity contribution in [1.29, 1.82) is 0 Å². The molecule has 0 unspecified atom stereocenters. The van der Waals surface area contributed by atoms with Crippen molar-refractivity contribution >= 4 is 11.6 Å². The van der Waals surface area contributed by atoms with Gasteiger partial charge in [0.05, 0.1) is 6.61 Å². The number of carbonyl (C=O) groups is 1. The summed E-state index contributed by atoms with van der Waals surface area (Å²) < 4.78 is 5.04.